The van der Waals surface area contributed by atoms with Gasteiger partial charge in [0.1, 0.15) is 17.1 Å². The number of hydrogen-bond acceptors (Lipinski definition) is 5. The number of benzene rings is 2. The molecule has 0 spiro atoms. The Labute approximate surface area is 172 Å². The lowest BCUT2D eigenvalue weighted by Crippen LogP contribution is -2.19. The lowest BCUT2D eigenvalue weighted by molar-refractivity contribution is -0.153. The molecular weight excluding hydrogens is 395 g/mol. The van der Waals surface area contributed by atoms with E-state index in [0.717, 1.165) is 40.9 Å². The van der Waals surface area contributed by atoms with Crippen LogP contribution >= 0.6 is 0 Å². The van der Waals surface area contributed by atoms with E-state index in [1.54, 1.807) is 6.07 Å². The van der Waals surface area contributed by atoms with Crippen LogP contribution in [0.25, 0.3) is 10.9 Å². The zero-order valence-corrected chi connectivity index (χ0v) is 16.5. The SMILES string of the molecule is Cc1ccccc1N1CCc2c(NCCO)nc3c(OCC(F)(F)F)cccc3c21. The largest absolute Gasteiger partial charge is 0.482 e. The molecule has 0 aliphatic carbocycles. The highest BCUT2D eigenvalue weighted by Crippen LogP contribution is 2.45. The van der Waals surface area contributed by atoms with Gasteiger partial charge in [-0.3, -0.25) is 0 Å². The fourth-order valence-electron chi connectivity index (χ4n) is 3.87. The molecule has 158 valence electrons. The third kappa shape index (κ3) is 3.87. The minimum atomic E-state index is -4.44. The lowest BCUT2D eigenvalue weighted by atomic mass is 10.1. The van der Waals surface area contributed by atoms with Crippen molar-refractivity contribution in [1.82, 2.24) is 4.98 Å². The molecule has 2 N–H and O–H groups in total. The van der Waals surface area contributed by atoms with Crippen molar-refractivity contribution in [2.45, 2.75) is 19.5 Å². The van der Waals surface area contributed by atoms with E-state index in [-0.39, 0.29) is 12.4 Å². The molecule has 0 bridgehead atoms. The molecule has 5 nitrogen and oxygen atoms in total. The summed E-state index contributed by atoms with van der Waals surface area (Å²) in [6.07, 6.45) is -3.71. The quantitative estimate of drug-likeness (QED) is 0.615. The van der Waals surface area contributed by atoms with Gasteiger partial charge in [-0.05, 0) is 31.0 Å². The minimum Gasteiger partial charge on any atom is -0.482 e. The molecule has 0 radical (unpaired) electrons. The van der Waals surface area contributed by atoms with Crippen molar-refractivity contribution < 1.29 is 23.0 Å². The molecule has 0 saturated heterocycles. The summed E-state index contributed by atoms with van der Waals surface area (Å²) in [5.41, 5.74) is 4.39. The van der Waals surface area contributed by atoms with E-state index in [1.807, 2.05) is 37.3 Å². The number of nitrogens with one attached hydrogen (secondary N) is 1. The van der Waals surface area contributed by atoms with Crippen molar-refractivity contribution in [2.24, 2.45) is 0 Å². The van der Waals surface area contributed by atoms with Gasteiger partial charge < -0.3 is 20.1 Å². The number of pyridine rings is 1. The topological polar surface area (TPSA) is 57.6 Å². The fraction of sp³-hybridized carbons (Fsp3) is 0.318. The predicted molar refractivity (Wildman–Crippen MR) is 111 cm³/mol. The van der Waals surface area contributed by atoms with Crippen LogP contribution in [0.3, 0.4) is 0 Å². The first-order valence-corrected chi connectivity index (χ1v) is 9.72. The summed E-state index contributed by atoms with van der Waals surface area (Å²) < 4.78 is 43.3. The van der Waals surface area contributed by atoms with Crippen LogP contribution in [0.2, 0.25) is 0 Å². The number of aromatic nitrogens is 1. The second kappa shape index (κ2) is 8.02. The number of aliphatic hydroxyl groups is 1. The van der Waals surface area contributed by atoms with Gasteiger partial charge in [0.05, 0.1) is 12.3 Å². The summed E-state index contributed by atoms with van der Waals surface area (Å²) in [6.45, 7) is 1.58. The maximum absolute atomic E-state index is 12.7. The van der Waals surface area contributed by atoms with Crippen LogP contribution in [0.15, 0.2) is 42.5 Å². The third-order valence-corrected chi connectivity index (χ3v) is 5.11. The second-order valence-electron chi connectivity index (χ2n) is 7.18. The van der Waals surface area contributed by atoms with E-state index in [0.29, 0.717) is 17.9 Å². The Morgan fingerprint density at radius 1 is 1.17 bits per heavy atom. The van der Waals surface area contributed by atoms with Crippen molar-refractivity contribution >= 4 is 28.1 Å². The predicted octanol–water partition coefficient (Wildman–Crippen LogP) is 4.58. The smallest absolute Gasteiger partial charge is 0.422 e. The average molecular weight is 417 g/mol. The molecule has 3 aromatic rings. The number of halogens is 3. The monoisotopic (exact) mass is 417 g/mol. The van der Waals surface area contributed by atoms with Gasteiger partial charge in [-0.25, -0.2) is 4.98 Å². The molecule has 1 aliphatic rings. The van der Waals surface area contributed by atoms with Crippen molar-refractivity contribution in [3.63, 3.8) is 0 Å². The highest BCUT2D eigenvalue weighted by Gasteiger charge is 2.31. The van der Waals surface area contributed by atoms with Gasteiger partial charge >= 0.3 is 6.18 Å². The van der Waals surface area contributed by atoms with E-state index >= 15 is 0 Å². The summed E-state index contributed by atoms with van der Waals surface area (Å²) in [5, 5.41) is 13.1. The Morgan fingerprint density at radius 2 is 1.97 bits per heavy atom. The van der Waals surface area contributed by atoms with Crippen LogP contribution < -0.4 is 15.0 Å². The van der Waals surface area contributed by atoms with Gasteiger partial charge in [0.15, 0.2) is 6.61 Å². The average Bonchev–Trinajstić information content (AvgIpc) is 3.15. The summed E-state index contributed by atoms with van der Waals surface area (Å²) in [4.78, 5) is 6.77. The first-order valence-electron chi connectivity index (χ1n) is 9.72. The number of nitrogens with zero attached hydrogens (tertiary/aromatic N) is 2. The highest BCUT2D eigenvalue weighted by molar-refractivity contribution is 6.02. The number of ether oxygens (including phenoxy) is 1. The number of rotatable bonds is 6. The van der Waals surface area contributed by atoms with Crippen molar-refractivity contribution in [1.29, 1.82) is 0 Å². The lowest BCUT2D eigenvalue weighted by Gasteiger charge is -2.24. The number of anilines is 3. The normalized spacial score (nSPS) is 13.6. The maximum Gasteiger partial charge on any atom is 0.422 e. The third-order valence-electron chi connectivity index (χ3n) is 5.11. The van der Waals surface area contributed by atoms with E-state index in [1.165, 1.54) is 6.07 Å². The van der Waals surface area contributed by atoms with Gasteiger partial charge in [0.25, 0.3) is 0 Å². The van der Waals surface area contributed by atoms with Crippen LogP contribution in [0.4, 0.5) is 30.4 Å². The molecule has 1 aliphatic heterocycles. The molecule has 0 fully saturated rings. The molecule has 4 rings (SSSR count). The number of aryl methyl sites for hydroxylation is 1. The molecule has 0 amide bonds. The number of alkyl halides is 3. The molecule has 0 atom stereocenters. The number of para-hydroxylation sites is 2. The highest BCUT2D eigenvalue weighted by atomic mass is 19.4. The van der Waals surface area contributed by atoms with Gasteiger partial charge in [-0.2, -0.15) is 13.2 Å². The summed E-state index contributed by atoms with van der Waals surface area (Å²) in [5.74, 6) is 0.641. The van der Waals surface area contributed by atoms with E-state index in [9.17, 15) is 18.3 Å². The number of hydrogen-bond donors (Lipinski definition) is 2. The molecule has 8 heteroatoms. The van der Waals surface area contributed by atoms with Gasteiger partial charge in [0.2, 0.25) is 0 Å². The van der Waals surface area contributed by atoms with E-state index in [4.69, 9.17) is 4.74 Å². The van der Waals surface area contributed by atoms with Crippen LogP contribution in [0.1, 0.15) is 11.1 Å². The molecule has 1 aromatic heterocycles. The minimum absolute atomic E-state index is 0.0799. The maximum atomic E-state index is 12.7. The number of fused-ring (bicyclic) bond motifs is 3. The molecule has 0 unspecified atom stereocenters. The second-order valence-corrected chi connectivity index (χ2v) is 7.18. The van der Waals surface area contributed by atoms with Gasteiger partial charge in [-0.15, -0.1) is 0 Å². The summed E-state index contributed by atoms with van der Waals surface area (Å²) >= 11 is 0. The zero-order valence-electron chi connectivity index (χ0n) is 16.5. The Hall–Kier alpha value is -3.00. The summed E-state index contributed by atoms with van der Waals surface area (Å²) in [6, 6.07) is 13.0. The Bertz CT molecular complexity index is 1070. The standard InChI is InChI=1S/C22H22F3N3O2/c1-14-5-2-3-7-17(14)28-11-9-16-20(28)15-6-4-8-18(30-13-22(23,24)25)19(15)27-21(16)26-10-12-29/h2-8,29H,9-13H2,1H3,(H,26,27). The Morgan fingerprint density at radius 3 is 2.70 bits per heavy atom. The Balaban J connectivity index is 1.89. The molecule has 0 saturated carbocycles. The molecule has 30 heavy (non-hydrogen) atoms. The zero-order chi connectivity index (χ0) is 21.3. The van der Waals surface area contributed by atoms with Crippen molar-refractivity contribution in [2.75, 3.05) is 36.5 Å². The first-order chi connectivity index (χ1) is 14.4. The Kier molecular flexibility index (Phi) is 5.42. The van der Waals surface area contributed by atoms with Crippen molar-refractivity contribution in [3.05, 3.63) is 53.6 Å². The van der Waals surface area contributed by atoms with Crippen molar-refractivity contribution in [3.8, 4) is 5.75 Å². The van der Waals surface area contributed by atoms with Gasteiger partial charge in [-0.1, -0.05) is 30.3 Å². The summed E-state index contributed by atoms with van der Waals surface area (Å²) in [7, 11) is 0. The molecule has 2 aromatic carbocycles. The van der Waals surface area contributed by atoms with Crippen LogP contribution in [0, 0.1) is 6.92 Å². The van der Waals surface area contributed by atoms with Crippen LogP contribution in [-0.4, -0.2) is 42.6 Å². The molecular formula is C22H22F3N3O2. The van der Waals surface area contributed by atoms with Gasteiger partial charge in [0, 0.05) is 29.7 Å². The van der Waals surface area contributed by atoms with E-state index < -0.39 is 12.8 Å². The van der Waals surface area contributed by atoms with E-state index in [2.05, 4.69) is 15.2 Å². The van der Waals surface area contributed by atoms with Crippen LogP contribution in [0.5, 0.6) is 5.75 Å². The van der Waals surface area contributed by atoms with Crippen LogP contribution in [-0.2, 0) is 6.42 Å². The molecule has 2 heterocycles. The number of aliphatic hydroxyl groups excluding tert-OH is 1. The first kappa shape index (κ1) is 20.3. The fourth-order valence-corrected chi connectivity index (χ4v) is 3.87.